The van der Waals surface area contributed by atoms with Gasteiger partial charge in [0.2, 0.25) is 0 Å². The smallest absolute Gasteiger partial charge is 0.545 e. The van der Waals surface area contributed by atoms with Gasteiger partial charge in [-0.1, -0.05) is 0 Å². The third-order valence-corrected chi connectivity index (χ3v) is 3.56. The second kappa shape index (κ2) is 7.51. The molecular formula is C14H16F3LiN2O2. The first-order valence-electron chi connectivity index (χ1n) is 6.59. The molecule has 0 spiro atoms. The van der Waals surface area contributed by atoms with Crippen LogP contribution in [0, 0.1) is 0 Å². The van der Waals surface area contributed by atoms with Crippen molar-refractivity contribution in [2.45, 2.75) is 12.7 Å². The van der Waals surface area contributed by atoms with E-state index in [1.165, 1.54) is 6.07 Å². The number of carbonyl (C=O) groups is 1. The molecule has 8 heteroatoms. The maximum Gasteiger partial charge on any atom is 1.00 e. The zero-order chi connectivity index (χ0) is 15.6. The molecule has 0 unspecified atom stereocenters. The SMILES string of the molecule is CN1CCN(Cc2cc(C(=O)[O-])cc(C(F)(F)F)c2)CC1.[Li+]. The van der Waals surface area contributed by atoms with Crippen LogP contribution in [0.2, 0.25) is 0 Å². The van der Waals surface area contributed by atoms with E-state index in [4.69, 9.17) is 0 Å². The summed E-state index contributed by atoms with van der Waals surface area (Å²) >= 11 is 0. The van der Waals surface area contributed by atoms with Gasteiger partial charge in [-0.05, 0) is 36.4 Å². The molecule has 1 aliphatic rings. The molecule has 0 radical (unpaired) electrons. The summed E-state index contributed by atoms with van der Waals surface area (Å²) in [5.74, 6) is -1.60. The second-order valence-corrected chi connectivity index (χ2v) is 5.28. The van der Waals surface area contributed by atoms with E-state index in [0.29, 0.717) is 18.2 Å². The minimum Gasteiger partial charge on any atom is -0.545 e. The van der Waals surface area contributed by atoms with Crippen LogP contribution in [-0.2, 0) is 12.7 Å². The maximum atomic E-state index is 12.8. The zero-order valence-electron chi connectivity index (χ0n) is 12.6. The van der Waals surface area contributed by atoms with Crippen LogP contribution < -0.4 is 24.0 Å². The second-order valence-electron chi connectivity index (χ2n) is 5.28. The fraction of sp³-hybridized carbons (Fsp3) is 0.500. The summed E-state index contributed by atoms with van der Waals surface area (Å²) in [7, 11) is 1.98. The van der Waals surface area contributed by atoms with Gasteiger partial charge >= 0.3 is 25.0 Å². The van der Waals surface area contributed by atoms with Gasteiger partial charge in [-0.3, -0.25) is 4.90 Å². The number of aromatic carboxylic acids is 1. The fourth-order valence-electron chi connectivity index (χ4n) is 2.33. The largest absolute Gasteiger partial charge is 1.00 e. The summed E-state index contributed by atoms with van der Waals surface area (Å²) < 4.78 is 38.4. The maximum absolute atomic E-state index is 12.8. The van der Waals surface area contributed by atoms with Crippen LogP contribution in [0.3, 0.4) is 0 Å². The summed E-state index contributed by atoms with van der Waals surface area (Å²) in [6.45, 7) is 3.47. The van der Waals surface area contributed by atoms with Gasteiger partial charge in [0.05, 0.1) is 11.5 Å². The van der Waals surface area contributed by atoms with Crippen LogP contribution in [0.4, 0.5) is 13.2 Å². The van der Waals surface area contributed by atoms with Crippen molar-refractivity contribution in [3.8, 4) is 0 Å². The number of halogens is 3. The summed E-state index contributed by atoms with van der Waals surface area (Å²) in [4.78, 5) is 15.0. The normalized spacial score (nSPS) is 17.1. The molecule has 1 heterocycles. The van der Waals surface area contributed by atoms with E-state index in [9.17, 15) is 23.1 Å². The number of nitrogens with zero attached hydrogens (tertiary/aromatic N) is 2. The van der Waals surface area contributed by atoms with Crippen LogP contribution in [-0.4, -0.2) is 49.0 Å². The van der Waals surface area contributed by atoms with Crippen molar-refractivity contribution in [2.24, 2.45) is 0 Å². The molecule has 1 aliphatic heterocycles. The predicted molar refractivity (Wildman–Crippen MR) is 68.5 cm³/mol. The average molecular weight is 308 g/mol. The molecule has 2 rings (SSSR count). The Morgan fingerprint density at radius 3 is 2.27 bits per heavy atom. The Bertz CT molecular complexity index is 529. The van der Waals surface area contributed by atoms with Gasteiger partial charge in [0.15, 0.2) is 0 Å². The molecule has 0 bridgehead atoms. The molecule has 0 saturated carbocycles. The molecule has 22 heavy (non-hydrogen) atoms. The van der Waals surface area contributed by atoms with Gasteiger partial charge in [-0.25, -0.2) is 0 Å². The van der Waals surface area contributed by atoms with Crippen molar-refractivity contribution >= 4 is 5.97 Å². The van der Waals surface area contributed by atoms with E-state index in [0.717, 1.165) is 32.2 Å². The Hall–Kier alpha value is -1.00. The van der Waals surface area contributed by atoms with Gasteiger partial charge in [-0.2, -0.15) is 13.2 Å². The van der Waals surface area contributed by atoms with Crippen molar-refractivity contribution < 1.29 is 41.9 Å². The van der Waals surface area contributed by atoms with Crippen molar-refractivity contribution in [3.63, 3.8) is 0 Å². The van der Waals surface area contributed by atoms with Crippen molar-refractivity contribution in [1.29, 1.82) is 0 Å². The number of carbonyl (C=O) groups excluding carboxylic acids is 1. The Morgan fingerprint density at radius 1 is 1.18 bits per heavy atom. The minimum absolute atomic E-state index is 0. The van der Waals surface area contributed by atoms with Crippen molar-refractivity contribution in [3.05, 3.63) is 34.9 Å². The van der Waals surface area contributed by atoms with Gasteiger partial charge in [0.1, 0.15) is 0 Å². The number of alkyl halides is 3. The van der Waals surface area contributed by atoms with Gasteiger partial charge in [-0.15, -0.1) is 0 Å². The minimum atomic E-state index is -4.57. The number of benzene rings is 1. The molecule has 0 aromatic heterocycles. The predicted octanol–water partition coefficient (Wildman–Crippen LogP) is -2.18. The van der Waals surface area contributed by atoms with E-state index in [1.54, 1.807) is 0 Å². The molecule has 1 aromatic rings. The first-order chi connectivity index (χ1) is 9.75. The number of carboxylic acid groups (broad SMARTS) is 1. The topological polar surface area (TPSA) is 46.6 Å². The Balaban J connectivity index is 0.00000242. The fourth-order valence-corrected chi connectivity index (χ4v) is 2.33. The molecule has 0 aliphatic carbocycles. The van der Waals surface area contributed by atoms with E-state index in [2.05, 4.69) is 4.90 Å². The summed E-state index contributed by atoms with van der Waals surface area (Å²) in [5, 5.41) is 10.9. The molecule has 1 fully saturated rings. The summed E-state index contributed by atoms with van der Waals surface area (Å²) in [6, 6.07) is 2.87. The van der Waals surface area contributed by atoms with Gasteiger partial charge in [0.25, 0.3) is 0 Å². The van der Waals surface area contributed by atoms with Gasteiger partial charge in [0, 0.05) is 32.7 Å². The average Bonchev–Trinajstić information content (AvgIpc) is 2.40. The van der Waals surface area contributed by atoms with Crippen LogP contribution in [0.25, 0.3) is 0 Å². The van der Waals surface area contributed by atoms with E-state index >= 15 is 0 Å². The molecule has 1 aromatic carbocycles. The number of likely N-dealkylation sites (N-methyl/N-ethyl adjacent to an activating group) is 1. The third kappa shape index (κ3) is 5.02. The molecule has 0 amide bonds. The zero-order valence-corrected chi connectivity index (χ0v) is 12.6. The summed E-state index contributed by atoms with van der Waals surface area (Å²) in [5.41, 5.74) is -1.05. The van der Waals surface area contributed by atoms with Crippen LogP contribution in [0.15, 0.2) is 18.2 Å². The first-order valence-corrected chi connectivity index (χ1v) is 6.59. The monoisotopic (exact) mass is 308 g/mol. The number of hydrogen-bond donors (Lipinski definition) is 0. The van der Waals surface area contributed by atoms with Crippen LogP contribution >= 0.6 is 0 Å². The van der Waals surface area contributed by atoms with E-state index in [-0.39, 0.29) is 18.9 Å². The van der Waals surface area contributed by atoms with Crippen molar-refractivity contribution in [2.75, 3.05) is 33.2 Å². The molecule has 0 atom stereocenters. The number of rotatable bonds is 3. The van der Waals surface area contributed by atoms with Crippen LogP contribution in [0.1, 0.15) is 21.5 Å². The number of carboxylic acids is 1. The Morgan fingerprint density at radius 2 is 1.77 bits per heavy atom. The molecule has 0 N–H and O–H groups in total. The van der Waals surface area contributed by atoms with E-state index < -0.39 is 23.3 Å². The number of hydrogen-bond acceptors (Lipinski definition) is 4. The van der Waals surface area contributed by atoms with Crippen LogP contribution in [0.5, 0.6) is 0 Å². The molecule has 1 saturated heterocycles. The standard InChI is InChI=1S/C14H17F3N2O2.Li/c1-18-2-4-19(5-3-18)9-10-6-11(13(20)21)8-12(7-10)14(15,16)17;/h6-8H,2-5,9H2,1H3,(H,20,21);/q;+1/p-1. The Labute approximate surface area is 139 Å². The Kier molecular flexibility index (Phi) is 6.50. The first kappa shape index (κ1) is 19.0. The summed E-state index contributed by atoms with van der Waals surface area (Å²) in [6.07, 6.45) is -4.57. The van der Waals surface area contributed by atoms with Gasteiger partial charge < -0.3 is 14.8 Å². The van der Waals surface area contributed by atoms with Crippen molar-refractivity contribution in [1.82, 2.24) is 9.80 Å². The van der Waals surface area contributed by atoms with E-state index in [1.807, 2.05) is 11.9 Å². The quantitative estimate of drug-likeness (QED) is 0.596. The molecule has 4 nitrogen and oxygen atoms in total. The third-order valence-electron chi connectivity index (χ3n) is 3.56. The number of piperazine rings is 1. The molecular weight excluding hydrogens is 292 g/mol. The molecule has 116 valence electrons.